The lowest BCUT2D eigenvalue weighted by atomic mass is 10.1. The number of carbonyl (C=O) groups excluding carboxylic acids is 1. The number of aliphatic carboxylic acids is 1. The molecule has 0 fully saturated rings. The van der Waals surface area contributed by atoms with Gasteiger partial charge in [0.05, 0.1) is 0 Å². The first-order valence-corrected chi connectivity index (χ1v) is 8.53. The summed E-state index contributed by atoms with van der Waals surface area (Å²) in [5.41, 5.74) is 0. The van der Waals surface area contributed by atoms with Crippen molar-refractivity contribution in [2.75, 3.05) is 0 Å². The van der Waals surface area contributed by atoms with Crippen molar-refractivity contribution in [2.24, 2.45) is 0 Å². The summed E-state index contributed by atoms with van der Waals surface area (Å²) in [6.07, 6.45) is 1.93. The van der Waals surface area contributed by atoms with Crippen molar-refractivity contribution >= 4 is 23.5 Å². The molecule has 140 valence electrons. The van der Waals surface area contributed by atoms with Gasteiger partial charge >= 0.3 is 5.97 Å². The van der Waals surface area contributed by atoms with Crippen molar-refractivity contribution in [2.45, 2.75) is 45.4 Å². The van der Waals surface area contributed by atoms with Gasteiger partial charge in [0.2, 0.25) is 5.91 Å². The second kappa shape index (κ2) is 9.71. The summed E-state index contributed by atoms with van der Waals surface area (Å²) >= 11 is 5.81. The Labute approximate surface area is 155 Å². The van der Waals surface area contributed by atoms with E-state index in [0.717, 1.165) is 6.42 Å². The zero-order valence-corrected chi connectivity index (χ0v) is 15.0. The second-order valence-electron chi connectivity index (χ2n) is 5.60. The minimum Gasteiger partial charge on any atom is -0.486 e. The van der Waals surface area contributed by atoms with E-state index in [1.807, 2.05) is 6.92 Å². The van der Waals surface area contributed by atoms with E-state index in [-0.39, 0.29) is 13.2 Å². The van der Waals surface area contributed by atoms with Gasteiger partial charge in [-0.1, -0.05) is 31.4 Å². The summed E-state index contributed by atoms with van der Waals surface area (Å²) in [5, 5.41) is 23.3. The van der Waals surface area contributed by atoms with Crippen molar-refractivity contribution in [3.05, 3.63) is 35.1 Å². The Balaban J connectivity index is 1.91. The van der Waals surface area contributed by atoms with E-state index in [9.17, 15) is 9.59 Å². The molecule has 0 aliphatic rings. The van der Waals surface area contributed by atoms with Gasteiger partial charge in [0.15, 0.2) is 5.82 Å². The Bertz CT molecular complexity index is 734. The molecule has 0 spiro atoms. The van der Waals surface area contributed by atoms with Crippen LogP contribution in [0.1, 0.15) is 32.0 Å². The molecule has 0 aliphatic heterocycles. The number of tetrazole rings is 1. The number of carboxylic acids is 1. The molecule has 0 aliphatic carbocycles. The lowest BCUT2D eigenvalue weighted by Gasteiger charge is -2.14. The van der Waals surface area contributed by atoms with E-state index >= 15 is 0 Å². The van der Waals surface area contributed by atoms with Crippen LogP contribution in [0.15, 0.2) is 24.3 Å². The number of aromatic nitrogens is 4. The van der Waals surface area contributed by atoms with Crippen LogP contribution >= 0.6 is 11.6 Å². The van der Waals surface area contributed by atoms with Gasteiger partial charge in [0.1, 0.15) is 24.9 Å². The van der Waals surface area contributed by atoms with Gasteiger partial charge in [-0.15, -0.1) is 5.10 Å². The molecule has 0 bridgehead atoms. The molecule has 26 heavy (non-hydrogen) atoms. The smallest absolute Gasteiger partial charge is 0.326 e. The Kier molecular flexibility index (Phi) is 7.34. The third-order valence-electron chi connectivity index (χ3n) is 3.56. The monoisotopic (exact) mass is 381 g/mol. The van der Waals surface area contributed by atoms with Crippen molar-refractivity contribution in [1.82, 2.24) is 25.5 Å². The minimum atomic E-state index is -1.06. The van der Waals surface area contributed by atoms with Crippen LogP contribution in [0, 0.1) is 0 Å². The van der Waals surface area contributed by atoms with Gasteiger partial charge in [-0.25, -0.2) is 9.48 Å². The molecule has 1 unspecified atom stereocenters. The number of benzene rings is 1. The normalized spacial score (nSPS) is 11.8. The third-order valence-corrected chi connectivity index (χ3v) is 3.81. The third kappa shape index (κ3) is 5.99. The van der Waals surface area contributed by atoms with Crippen LogP contribution in [0.4, 0.5) is 0 Å². The zero-order chi connectivity index (χ0) is 18.9. The molecule has 2 aromatic rings. The quantitative estimate of drug-likeness (QED) is 0.642. The summed E-state index contributed by atoms with van der Waals surface area (Å²) in [4.78, 5) is 23.3. The molecule has 2 N–H and O–H groups in total. The fourth-order valence-electron chi connectivity index (χ4n) is 2.17. The number of nitrogens with zero attached hydrogens (tertiary/aromatic N) is 4. The van der Waals surface area contributed by atoms with Crippen LogP contribution < -0.4 is 10.1 Å². The second-order valence-corrected chi connectivity index (χ2v) is 6.03. The molecule has 2 rings (SSSR count). The van der Waals surface area contributed by atoms with E-state index in [4.69, 9.17) is 21.4 Å². The van der Waals surface area contributed by atoms with E-state index < -0.39 is 17.9 Å². The predicted molar refractivity (Wildman–Crippen MR) is 92.7 cm³/mol. The molecule has 0 saturated heterocycles. The number of hydrogen-bond donors (Lipinski definition) is 2. The first-order chi connectivity index (χ1) is 12.5. The number of halogens is 1. The number of unbranched alkanes of at least 4 members (excludes halogenated alkanes) is 1. The highest BCUT2D eigenvalue weighted by Crippen LogP contribution is 2.16. The number of hydrogen-bond acceptors (Lipinski definition) is 6. The van der Waals surface area contributed by atoms with Crippen LogP contribution in [0.25, 0.3) is 0 Å². The molecular weight excluding hydrogens is 362 g/mol. The van der Waals surface area contributed by atoms with Crippen LogP contribution in [0.3, 0.4) is 0 Å². The SMILES string of the molecule is CCCCC(NC(=O)Cn1nnnc1COc1ccc(Cl)cc1)C(=O)O. The topological polar surface area (TPSA) is 119 Å². The Hall–Kier alpha value is -2.68. The Morgan fingerprint density at radius 1 is 1.35 bits per heavy atom. The molecule has 1 aromatic heterocycles. The van der Waals surface area contributed by atoms with Crippen molar-refractivity contribution in [3.8, 4) is 5.75 Å². The summed E-state index contributed by atoms with van der Waals surface area (Å²) in [6, 6.07) is 5.86. The zero-order valence-electron chi connectivity index (χ0n) is 14.3. The lowest BCUT2D eigenvalue weighted by molar-refractivity contribution is -0.142. The van der Waals surface area contributed by atoms with Crippen LogP contribution in [-0.2, 0) is 22.7 Å². The molecule has 1 heterocycles. The number of rotatable bonds is 10. The molecule has 9 nitrogen and oxygen atoms in total. The maximum atomic E-state index is 12.1. The van der Waals surface area contributed by atoms with Crippen molar-refractivity contribution in [1.29, 1.82) is 0 Å². The molecule has 1 atom stereocenters. The highest BCUT2D eigenvalue weighted by atomic mass is 35.5. The van der Waals surface area contributed by atoms with Crippen molar-refractivity contribution in [3.63, 3.8) is 0 Å². The van der Waals surface area contributed by atoms with Crippen LogP contribution in [-0.4, -0.2) is 43.2 Å². The highest BCUT2D eigenvalue weighted by molar-refractivity contribution is 6.30. The fourth-order valence-corrected chi connectivity index (χ4v) is 2.30. The first-order valence-electron chi connectivity index (χ1n) is 8.15. The Morgan fingerprint density at radius 2 is 2.08 bits per heavy atom. The van der Waals surface area contributed by atoms with Gasteiger partial charge in [-0.3, -0.25) is 4.79 Å². The molecule has 0 radical (unpaired) electrons. The summed E-state index contributed by atoms with van der Waals surface area (Å²) in [5.74, 6) is -0.613. The number of ether oxygens (including phenoxy) is 1. The summed E-state index contributed by atoms with van der Waals surface area (Å²) < 4.78 is 6.82. The largest absolute Gasteiger partial charge is 0.486 e. The summed E-state index contributed by atoms with van der Waals surface area (Å²) in [6.45, 7) is 1.82. The average Bonchev–Trinajstić information content (AvgIpc) is 3.04. The minimum absolute atomic E-state index is 0.0557. The maximum Gasteiger partial charge on any atom is 0.326 e. The van der Waals surface area contributed by atoms with E-state index in [1.54, 1.807) is 24.3 Å². The molecule has 10 heteroatoms. The number of amides is 1. The van der Waals surface area contributed by atoms with Gasteiger partial charge in [0, 0.05) is 5.02 Å². The van der Waals surface area contributed by atoms with Crippen molar-refractivity contribution < 1.29 is 19.4 Å². The van der Waals surface area contributed by atoms with Gasteiger partial charge < -0.3 is 15.2 Å². The number of nitrogens with one attached hydrogen (secondary N) is 1. The molecular formula is C16H20ClN5O4. The van der Waals surface area contributed by atoms with Crippen LogP contribution in [0.5, 0.6) is 5.75 Å². The Morgan fingerprint density at radius 3 is 2.73 bits per heavy atom. The fraction of sp³-hybridized carbons (Fsp3) is 0.438. The van der Waals surface area contributed by atoms with Gasteiger partial charge in [-0.05, 0) is 41.1 Å². The highest BCUT2D eigenvalue weighted by Gasteiger charge is 2.20. The number of carboxylic acid groups (broad SMARTS) is 1. The first kappa shape index (κ1) is 19.6. The van der Waals surface area contributed by atoms with E-state index in [1.165, 1.54) is 4.68 Å². The summed E-state index contributed by atoms with van der Waals surface area (Å²) in [7, 11) is 0. The average molecular weight is 382 g/mol. The lowest BCUT2D eigenvalue weighted by Crippen LogP contribution is -2.42. The molecule has 0 saturated carbocycles. The molecule has 1 amide bonds. The molecule has 1 aromatic carbocycles. The standard InChI is InChI=1S/C16H20ClN5O4/c1-2-3-4-13(16(24)25)18-15(23)9-22-14(19-20-21-22)10-26-12-7-5-11(17)6-8-12/h5-8,13H,2-4,9-10H2,1H3,(H,18,23)(H,24,25). The van der Waals surface area contributed by atoms with Gasteiger partial charge in [-0.2, -0.15) is 0 Å². The van der Waals surface area contributed by atoms with Crippen LogP contribution in [0.2, 0.25) is 5.02 Å². The van der Waals surface area contributed by atoms with E-state index in [0.29, 0.717) is 29.4 Å². The van der Waals surface area contributed by atoms with E-state index in [2.05, 4.69) is 20.8 Å². The number of carbonyl (C=O) groups is 2. The maximum absolute atomic E-state index is 12.1. The van der Waals surface area contributed by atoms with Gasteiger partial charge in [0.25, 0.3) is 0 Å². The predicted octanol–water partition coefficient (Wildman–Crippen LogP) is 1.67.